The van der Waals surface area contributed by atoms with E-state index in [2.05, 4.69) is 30.4 Å². The summed E-state index contributed by atoms with van der Waals surface area (Å²) in [6.45, 7) is 4.13. The van der Waals surface area contributed by atoms with Crippen molar-refractivity contribution in [3.63, 3.8) is 0 Å². The first kappa shape index (κ1) is 15.3. The Morgan fingerprint density at radius 3 is 3.00 bits per heavy atom. The molecular weight excluding hydrogens is 292 g/mol. The number of nitrogens with zero attached hydrogens (tertiary/aromatic N) is 1. The van der Waals surface area contributed by atoms with Gasteiger partial charge in [0, 0.05) is 22.0 Å². The Morgan fingerprint density at radius 1 is 1.36 bits per heavy atom. The van der Waals surface area contributed by atoms with E-state index < -0.39 is 0 Å². The lowest BCUT2D eigenvalue weighted by atomic mass is 10.1. The SMILES string of the molecule is CCC(C)NC(=O)CSc1c2c(nc3ccccc13)CCC2. The van der Waals surface area contributed by atoms with Crippen LogP contribution in [0.15, 0.2) is 29.2 Å². The first-order chi connectivity index (χ1) is 10.7. The average Bonchev–Trinajstić information content (AvgIpc) is 2.99. The summed E-state index contributed by atoms with van der Waals surface area (Å²) in [5.41, 5.74) is 3.64. The monoisotopic (exact) mass is 314 g/mol. The highest BCUT2D eigenvalue weighted by Crippen LogP contribution is 2.36. The quantitative estimate of drug-likeness (QED) is 0.855. The Bertz CT molecular complexity index is 699. The molecule has 1 aromatic heterocycles. The van der Waals surface area contributed by atoms with Gasteiger partial charge in [-0.3, -0.25) is 9.78 Å². The Hall–Kier alpha value is -1.55. The largest absolute Gasteiger partial charge is 0.353 e. The van der Waals surface area contributed by atoms with E-state index in [1.165, 1.54) is 28.0 Å². The van der Waals surface area contributed by atoms with Crippen molar-refractivity contribution in [2.45, 2.75) is 50.5 Å². The van der Waals surface area contributed by atoms with Gasteiger partial charge >= 0.3 is 0 Å². The predicted molar refractivity (Wildman–Crippen MR) is 92.4 cm³/mol. The van der Waals surface area contributed by atoms with Crippen LogP contribution in [-0.4, -0.2) is 22.7 Å². The molecule has 1 amide bonds. The number of hydrogen-bond acceptors (Lipinski definition) is 3. The van der Waals surface area contributed by atoms with Crippen molar-refractivity contribution in [2.24, 2.45) is 0 Å². The summed E-state index contributed by atoms with van der Waals surface area (Å²) in [6.07, 6.45) is 4.28. The van der Waals surface area contributed by atoms with Crippen LogP contribution < -0.4 is 5.32 Å². The minimum absolute atomic E-state index is 0.118. The highest BCUT2D eigenvalue weighted by atomic mass is 32.2. The third-order valence-corrected chi connectivity index (χ3v) is 5.40. The number of fused-ring (bicyclic) bond motifs is 2. The first-order valence-corrected chi connectivity index (χ1v) is 9.00. The molecule has 4 heteroatoms. The van der Waals surface area contributed by atoms with Crippen LogP contribution in [0.4, 0.5) is 0 Å². The van der Waals surface area contributed by atoms with Gasteiger partial charge in [0.25, 0.3) is 0 Å². The molecule has 0 spiro atoms. The van der Waals surface area contributed by atoms with Crippen LogP contribution in [0.25, 0.3) is 10.9 Å². The second kappa shape index (κ2) is 6.69. The fourth-order valence-electron chi connectivity index (χ4n) is 2.89. The third kappa shape index (κ3) is 3.12. The molecule has 1 atom stereocenters. The molecule has 2 aromatic rings. The van der Waals surface area contributed by atoms with Gasteiger partial charge in [-0.25, -0.2) is 0 Å². The maximum absolute atomic E-state index is 12.1. The molecule has 3 rings (SSSR count). The topological polar surface area (TPSA) is 42.0 Å². The maximum Gasteiger partial charge on any atom is 0.230 e. The van der Waals surface area contributed by atoms with Crippen LogP contribution in [0.2, 0.25) is 0 Å². The van der Waals surface area contributed by atoms with E-state index in [9.17, 15) is 4.79 Å². The Labute approximate surface area is 135 Å². The standard InChI is InChI=1S/C18H22N2OS/c1-3-12(2)19-17(21)11-22-18-13-7-4-5-9-15(13)20-16-10-6-8-14(16)18/h4-5,7,9,12H,3,6,8,10-11H2,1-2H3,(H,19,21). The molecule has 0 bridgehead atoms. The maximum atomic E-state index is 12.1. The van der Waals surface area contributed by atoms with Gasteiger partial charge in [-0.2, -0.15) is 0 Å². The van der Waals surface area contributed by atoms with Crippen LogP contribution in [-0.2, 0) is 17.6 Å². The average molecular weight is 314 g/mol. The summed E-state index contributed by atoms with van der Waals surface area (Å²) >= 11 is 1.66. The molecule has 22 heavy (non-hydrogen) atoms. The number of rotatable bonds is 5. The molecular formula is C18H22N2OS. The number of carbonyl (C=O) groups excluding carboxylic acids is 1. The number of pyridine rings is 1. The summed E-state index contributed by atoms with van der Waals surface area (Å²) in [7, 11) is 0. The molecule has 1 heterocycles. The lowest BCUT2D eigenvalue weighted by molar-refractivity contribution is -0.119. The van der Waals surface area contributed by atoms with Crippen LogP contribution in [0.1, 0.15) is 37.9 Å². The summed E-state index contributed by atoms with van der Waals surface area (Å²) in [6, 6.07) is 8.51. The Kier molecular flexibility index (Phi) is 4.67. The first-order valence-electron chi connectivity index (χ1n) is 8.01. The molecule has 0 radical (unpaired) electrons. The summed E-state index contributed by atoms with van der Waals surface area (Å²) in [5, 5.41) is 4.22. The van der Waals surface area contributed by atoms with Gasteiger partial charge in [0.05, 0.1) is 11.3 Å². The second-order valence-corrected chi connectivity index (χ2v) is 6.89. The van der Waals surface area contributed by atoms with Gasteiger partial charge in [0.1, 0.15) is 0 Å². The van der Waals surface area contributed by atoms with Gasteiger partial charge in [-0.15, -0.1) is 11.8 Å². The van der Waals surface area contributed by atoms with Crippen molar-refractivity contribution in [3.05, 3.63) is 35.5 Å². The molecule has 1 unspecified atom stereocenters. The highest BCUT2D eigenvalue weighted by molar-refractivity contribution is 8.00. The number of aryl methyl sites for hydroxylation is 1. The third-order valence-electron chi connectivity index (χ3n) is 4.23. The summed E-state index contributed by atoms with van der Waals surface area (Å²) in [5.74, 6) is 0.595. The molecule has 0 saturated carbocycles. The fourth-order valence-corrected chi connectivity index (χ4v) is 3.97. The van der Waals surface area contributed by atoms with Crippen molar-refractivity contribution < 1.29 is 4.79 Å². The lowest BCUT2D eigenvalue weighted by Crippen LogP contribution is -2.33. The number of benzene rings is 1. The van der Waals surface area contributed by atoms with E-state index in [0.29, 0.717) is 5.75 Å². The molecule has 1 aliphatic rings. The molecule has 3 nitrogen and oxygen atoms in total. The zero-order valence-electron chi connectivity index (χ0n) is 13.2. The van der Waals surface area contributed by atoms with Crippen molar-refractivity contribution in [2.75, 3.05) is 5.75 Å². The number of nitrogens with one attached hydrogen (secondary N) is 1. The molecule has 0 saturated heterocycles. The minimum Gasteiger partial charge on any atom is -0.353 e. The van der Waals surface area contributed by atoms with E-state index in [0.717, 1.165) is 24.8 Å². The van der Waals surface area contributed by atoms with Crippen LogP contribution in [0.3, 0.4) is 0 Å². The summed E-state index contributed by atoms with van der Waals surface area (Å²) < 4.78 is 0. The number of amides is 1. The van der Waals surface area contributed by atoms with Gasteiger partial charge in [0.2, 0.25) is 5.91 Å². The van der Waals surface area contributed by atoms with Crippen molar-refractivity contribution >= 4 is 28.6 Å². The summed E-state index contributed by atoms with van der Waals surface area (Å²) in [4.78, 5) is 18.1. The second-order valence-electron chi connectivity index (χ2n) is 5.90. The fraction of sp³-hybridized carbons (Fsp3) is 0.444. The molecule has 1 aromatic carbocycles. The van der Waals surface area contributed by atoms with E-state index in [-0.39, 0.29) is 11.9 Å². The molecule has 1 aliphatic carbocycles. The predicted octanol–water partition coefficient (Wildman–Crippen LogP) is 3.73. The molecule has 0 fully saturated rings. The number of aromatic nitrogens is 1. The van der Waals surface area contributed by atoms with Crippen molar-refractivity contribution in [1.82, 2.24) is 10.3 Å². The van der Waals surface area contributed by atoms with Crippen LogP contribution in [0, 0.1) is 0 Å². The highest BCUT2D eigenvalue weighted by Gasteiger charge is 2.20. The normalized spacial score (nSPS) is 14.8. The van der Waals surface area contributed by atoms with Crippen molar-refractivity contribution in [1.29, 1.82) is 0 Å². The van der Waals surface area contributed by atoms with Crippen LogP contribution >= 0.6 is 11.8 Å². The number of para-hydroxylation sites is 1. The number of carbonyl (C=O) groups is 1. The number of hydrogen-bond donors (Lipinski definition) is 1. The zero-order chi connectivity index (χ0) is 15.5. The van der Waals surface area contributed by atoms with E-state index in [1.807, 2.05) is 13.0 Å². The van der Waals surface area contributed by atoms with E-state index in [1.54, 1.807) is 11.8 Å². The van der Waals surface area contributed by atoms with E-state index in [4.69, 9.17) is 4.98 Å². The Balaban J connectivity index is 1.85. The molecule has 116 valence electrons. The smallest absolute Gasteiger partial charge is 0.230 e. The van der Waals surface area contributed by atoms with Crippen LogP contribution in [0.5, 0.6) is 0 Å². The Morgan fingerprint density at radius 2 is 2.18 bits per heavy atom. The number of thioether (sulfide) groups is 1. The van der Waals surface area contributed by atoms with Gasteiger partial charge < -0.3 is 5.32 Å². The van der Waals surface area contributed by atoms with Gasteiger partial charge in [-0.1, -0.05) is 25.1 Å². The van der Waals surface area contributed by atoms with Gasteiger partial charge in [-0.05, 0) is 44.2 Å². The van der Waals surface area contributed by atoms with Gasteiger partial charge in [0.15, 0.2) is 0 Å². The zero-order valence-corrected chi connectivity index (χ0v) is 14.0. The molecule has 0 aliphatic heterocycles. The van der Waals surface area contributed by atoms with E-state index >= 15 is 0 Å². The molecule has 1 N–H and O–H groups in total. The van der Waals surface area contributed by atoms with Crippen molar-refractivity contribution in [3.8, 4) is 0 Å². The lowest BCUT2D eigenvalue weighted by Gasteiger charge is -2.14. The minimum atomic E-state index is 0.118.